The number of ketones is 1. The van der Waals surface area contributed by atoms with Crippen molar-refractivity contribution in [1.29, 1.82) is 0 Å². The standard InChI is InChI=1S/C14H15BrClFO/c1-8-3-2-4-9(7-8)14(18)10-5-6-11(15)12(16)13(10)17/h5-6,8-9H,2-4,7H2,1H3. The topological polar surface area (TPSA) is 17.1 Å². The first kappa shape index (κ1) is 14.0. The van der Waals surface area contributed by atoms with Gasteiger partial charge in [0.25, 0.3) is 0 Å². The Balaban J connectivity index is 2.26. The molecule has 0 aromatic heterocycles. The number of Topliss-reactive ketones (excluding diaryl/α,β-unsaturated/α-hetero) is 1. The molecule has 0 N–H and O–H groups in total. The number of hydrogen-bond acceptors (Lipinski definition) is 1. The van der Waals surface area contributed by atoms with Gasteiger partial charge in [0.05, 0.1) is 10.6 Å². The SMILES string of the molecule is CC1CCCC(C(=O)c2ccc(Br)c(Cl)c2F)C1. The molecule has 2 atom stereocenters. The fraction of sp³-hybridized carbons (Fsp3) is 0.500. The van der Waals surface area contributed by atoms with Gasteiger partial charge in [0.2, 0.25) is 0 Å². The molecular formula is C14H15BrClFO. The van der Waals surface area contributed by atoms with Gasteiger partial charge in [-0.3, -0.25) is 4.79 Å². The fourth-order valence-corrected chi connectivity index (χ4v) is 3.08. The maximum atomic E-state index is 14.0. The monoisotopic (exact) mass is 332 g/mol. The molecule has 1 saturated carbocycles. The molecule has 18 heavy (non-hydrogen) atoms. The van der Waals surface area contributed by atoms with Crippen molar-refractivity contribution in [3.8, 4) is 0 Å². The Labute approximate surface area is 120 Å². The Morgan fingerprint density at radius 1 is 1.44 bits per heavy atom. The van der Waals surface area contributed by atoms with Gasteiger partial charge in [0.1, 0.15) is 0 Å². The normalized spacial score (nSPS) is 24.0. The lowest BCUT2D eigenvalue weighted by molar-refractivity contribution is 0.0864. The molecule has 1 aliphatic carbocycles. The molecule has 0 spiro atoms. The van der Waals surface area contributed by atoms with Crippen molar-refractivity contribution in [2.45, 2.75) is 32.6 Å². The number of carbonyl (C=O) groups excluding carboxylic acids is 1. The summed E-state index contributed by atoms with van der Waals surface area (Å²) in [4.78, 5) is 12.3. The lowest BCUT2D eigenvalue weighted by Gasteiger charge is -2.25. The van der Waals surface area contributed by atoms with Crippen molar-refractivity contribution < 1.29 is 9.18 Å². The predicted molar refractivity (Wildman–Crippen MR) is 74.6 cm³/mol. The highest BCUT2D eigenvalue weighted by Gasteiger charge is 2.28. The molecule has 1 nitrogen and oxygen atoms in total. The zero-order chi connectivity index (χ0) is 13.3. The smallest absolute Gasteiger partial charge is 0.168 e. The van der Waals surface area contributed by atoms with Crippen LogP contribution < -0.4 is 0 Å². The van der Waals surface area contributed by atoms with E-state index in [0.717, 1.165) is 25.7 Å². The molecule has 1 aromatic carbocycles. The highest BCUT2D eigenvalue weighted by molar-refractivity contribution is 9.10. The van der Waals surface area contributed by atoms with Crippen molar-refractivity contribution >= 4 is 33.3 Å². The van der Waals surface area contributed by atoms with E-state index in [1.54, 1.807) is 6.07 Å². The van der Waals surface area contributed by atoms with E-state index in [1.165, 1.54) is 6.07 Å². The molecule has 2 rings (SSSR count). The van der Waals surface area contributed by atoms with Gasteiger partial charge in [-0.15, -0.1) is 0 Å². The zero-order valence-corrected chi connectivity index (χ0v) is 12.5. The molecule has 0 heterocycles. The van der Waals surface area contributed by atoms with Gasteiger partial charge in [-0.25, -0.2) is 4.39 Å². The number of benzene rings is 1. The molecule has 4 heteroatoms. The summed E-state index contributed by atoms with van der Waals surface area (Å²) in [5.74, 6) is -0.218. The van der Waals surface area contributed by atoms with Crippen LogP contribution in [-0.2, 0) is 0 Å². The average molecular weight is 334 g/mol. The molecule has 0 radical (unpaired) electrons. The van der Waals surface area contributed by atoms with Crippen LogP contribution in [0.15, 0.2) is 16.6 Å². The first-order chi connectivity index (χ1) is 8.50. The quantitative estimate of drug-likeness (QED) is 0.533. The Kier molecular flexibility index (Phi) is 4.44. The molecular weight excluding hydrogens is 319 g/mol. The van der Waals surface area contributed by atoms with Crippen LogP contribution in [0.25, 0.3) is 0 Å². The van der Waals surface area contributed by atoms with Crippen LogP contribution in [0, 0.1) is 17.7 Å². The van der Waals surface area contributed by atoms with Crippen LogP contribution in [0.4, 0.5) is 4.39 Å². The Hall–Kier alpha value is -0.410. The van der Waals surface area contributed by atoms with Gasteiger partial charge >= 0.3 is 0 Å². The van der Waals surface area contributed by atoms with Gasteiger partial charge in [0, 0.05) is 10.4 Å². The van der Waals surface area contributed by atoms with Crippen molar-refractivity contribution in [2.24, 2.45) is 11.8 Å². The third-order valence-corrected chi connectivity index (χ3v) is 4.87. The van der Waals surface area contributed by atoms with Crippen LogP contribution >= 0.6 is 27.5 Å². The zero-order valence-electron chi connectivity index (χ0n) is 10.2. The van der Waals surface area contributed by atoms with Crippen LogP contribution in [0.5, 0.6) is 0 Å². The molecule has 98 valence electrons. The van der Waals surface area contributed by atoms with Gasteiger partial charge in [0.15, 0.2) is 11.6 Å². The molecule has 1 aliphatic rings. The predicted octanol–water partition coefficient (Wildman–Crippen LogP) is 5.25. The molecule has 0 saturated heterocycles. The van der Waals surface area contributed by atoms with Gasteiger partial charge < -0.3 is 0 Å². The third-order valence-electron chi connectivity index (χ3n) is 3.61. The molecule has 0 amide bonds. The van der Waals surface area contributed by atoms with E-state index < -0.39 is 5.82 Å². The molecule has 0 bridgehead atoms. The Morgan fingerprint density at radius 3 is 2.83 bits per heavy atom. The lowest BCUT2D eigenvalue weighted by atomic mass is 9.79. The number of halogens is 3. The summed E-state index contributed by atoms with van der Waals surface area (Å²) in [7, 11) is 0. The highest BCUT2D eigenvalue weighted by Crippen LogP contribution is 2.34. The molecule has 1 fully saturated rings. The first-order valence-electron chi connectivity index (χ1n) is 6.18. The van der Waals surface area contributed by atoms with E-state index in [-0.39, 0.29) is 22.3 Å². The maximum absolute atomic E-state index is 14.0. The summed E-state index contributed by atoms with van der Waals surface area (Å²) in [5, 5.41) is -0.00953. The summed E-state index contributed by atoms with van der Waals surface area (Å²) in [6.07, 6.45) is 3.92. The number of rotatable bonds is 2. The Morgan fingerprint density at radius 2 is 2.17 bits per heavy atom. The summed E-state index contributed by atoms with van der Waals surface area (Å²) in [6, 6.07) is 3.15. The van der Waals surface area contributed by atoms with Crippen LogP contribution in [0.1, 0.15) is 43.0 Å². The summed E-state index contributed by atoms with van der Waals surface area (Å²) in [6.45, 7) is 2.14. The minimum Gasteiger partial charge on any atom is -0.294 e. The molecule has 1 aromatic rings. The van der Waals surface area contributed by atoms with E-state index in [1.807, 2.05) is 0 Å². The van der Waals surface area contributed by atoms with Crippen molar-refractivity contribution in [2.75, 3.05) is 0 Å². The largest absolute Gasteiger partial charge is 0.294 e. The summed E-state index contributed by atoms with van der Waals surface area (Å²) >= 11 is 8.97. The highest BCUT2D eigenvalue weighted by atomic mass is 79.9. The first-order valence-corrected chi connectivity index (χ1v) is 7.35. The maximum Gasteiger partial charge on any atom is 0.168 e. The summed E-state index contributed by atoms with van der Waals surface area (Å²) in [5.41, 5.74) is 0.127. The van der Waals surface area contributed by atoms with Crippen molar-refractivity contribution in [1.82, 2.24) is 0 Å². The van der Waals surface area contributed by atoms with E-state index in [2.05, 4.69) is 22.9 Å². The van der Waals surface area contributed by atoms with Crippen LogP contribution in [0.2, 0.25) is 5.02 Å². The fourth-order valence-electron chi connectivity index (χ4n) is 2.61. The second-order valence-corrected chi connectivity index (χ2v) is 6.29. The van der Waals surface area contributed by atoms with Gasteiger partial charge in [-0.05, 0) is 46.8 Å². The third kappa shape index (κ3) is 2.77. The minimum absolute atomic E-state index is 0.00953. The number of hydrogen-bond donors (Lipinski definition) is 0. The van der Waals surface area contributed by atoms with Crippen LogP contribution in [-0.4, -0.2) is 5.78 Å². The van der Waals surface area contributed by atoms with Crippen molar-refractivity contribution in [3.05, 3.63) is 33.0 Å². The van der Waals surface area contributed by atoms with Gasteiger partial charge in [-0.1, -0.05) is 31.4 Å². The summed E-state index contributed by atoms with van der Waals surface area (Å²) < 4.78 is 14.5. The van der Waals surface area contributed by atoms with Crippen molar-refractivity contribution in [3.63, 3.8) is 0 Å². The second kappa shape index (κ2) is 5.70. The van der Waals surface area contributed by atoms with E-state index >= 15 is 0 Å². The Bertz CT molecular complexity index is 475. The average Bonchev–Trinajstić information content (AvgIpc) is 2.35. The van der Waals surface area contributed by atoms with E-state index in [0.29, 0.717) is 10.4 Å². The van der Waals surface area contributed by atoms with E-state index in [4.69, 9.17) is 11.6 Å². The van der Waals surface area contributed by atoms with E-state index in [9.17, 15) is 9.18 Å². The van der Waals surface area contributed by atoms with Gasteiger partial charge in [-0.2, -0.15) is 0 Å². The van der Waals surface area contributed by atoms with Crippen LogP contribution in [0.3, 0.4) is 0 Å². The second-order valence-electron chi connectivity index (χ2n) is 5.06. The number of carbonyl (C=O) groups is 1. The molecule has 2 unspecified atom stereocenters. The molecule has 0 aliphatic heterocycles. The minimum atomic E-state index is -0.603. The lowest BCUT2D eigenvalue weighted by Crippen LogP contribution is -2.22.